The molecule has 2 heteroatoms. The molecule has 0 unspecified atom stereocenters. The van der Waals surface area contributed by atoms with Crippen LogP contribution in [0.5, 0.6) is 0 Å². The molecular formula is C5H14O2. The van der Waals surface area contributed by atoms with E-state index in [1.54, 1.807) is 0 Å². The minimum atomic E-state index is 0. The lowest BCUT2D eigenvalue weighted by molar-refractivity contribution is 0.399. The summed E-state index contributed by atoms with van der Waals surface area (Å²) < 4.78 is 0. The van der Waals surface area contributed by atoms with Gasteiger partial charge in [-0.05, 0) is 6.58 Å². The fourth-order valence-electron chi connectivity index (χ4n) is 0. The zero-order valence-corrected chi connectivity index (χ0v) is 3.06. The summed E-state index contributed by atoms with van der Waals surface area (Å²) in [5.41, 5.74) is 0. The molecule has 2 nitrogen and oxygen atoms in total. The molecule has 0 saturated carbocycles. The minimum Gasteiger partial charge on any atom is -0.400 e. The summed E-state index contributed by atoms with van der Waals surface area (Å²) in [7, 11) is 1.00. The maximum Gasteiger partial charge on any atom is 0.116 e. The molecule has 0 aromatic heterocycles. The molecule has 0 spiro atoms. The zero-order chi connectivity index (χ0) is 4.71. The molecule has 0 saturated heterocycles. The highest BCUT2D eigenvalue weighted by Gasteiger charge is 1.01. The molecule has 0 radical (unpaired) electrons. The van der Waals surface area contributed by atoms with Gasteiger partial charge in [0.25, 0.3) is 0 Å². The predicted octanol–water partition coefficient (Wildman–Crippen LogP) is 0.885. The molecule has 0 aromatic rings. The van der Waals surface area contributed by atoms with E-state index in [0.29, 0.717) is 0 Å². The Bertz CT molecular complexity index is 27.1. The second-order valence-corrected chi connectivity index (χ2v) is 0.144. The maximum atomic E-state index is 8.57. The van der Waals surface area contributed by atoms with Crippen LogP contribution in [0.4, 0.5) is 0 Å². The number of hydrogen-bond donors (Lipinski definition) is 1. The van der Waals surface area contributed by atoms with Crippen LogP contribution in [-0.2, 0) is 4.79 Å². The molecule has 0 heterocycles. The lowest BCUT2D eigenvalue weighted by Gasteiger charge is -1.21. The highest BCUT2D eigenvalue weighted by molar-refractivity contribution is 5.38. The van der Waals surface area contributed by atoms with Gasteiger partial charge in [-0.25, -0.2) is 4.79 Å². The van der Waals surface area contributed by atoms with Crippen LogP contribution in [0.15, 0.2) is 6.58 Å². The van der Waals surface area contributed by atoms with Crippen molar-refractivity contribution in [1.29, 1.82) is 0 Å². The van der Waals surface area contributed by atoms with Gasteiger partial charge in [0, 0.05) is 7.11 Å². The molecule has 0 aliphatic carbocycles. The number of hydrogen-bond acceptors (Lipinski definition) is 2. The second kappa shape index (κ2) is 626. The van der Waals surface area contributed by atoms with Gasteiger partial charge in [-0.1, -0.05) is 14.9 Å². The van der Waals surface area contributed by atoms with E-state index in [2.05, 4.69) is 6.58 Å². The van der Waals surface area contributed by atoms with Crippen LogP contribution in [-0.4, -0.2) is 18.2 Å². The molecule has 0 amide bonds. The summed E-state index contributed by atoms with van der Waals surface area (Å²) in [6.07, 6.45) is 0. The summed E-state index contributed by atoms with van der Waals surface area (Å²) >= 11 is 0. The van der Waals surface area contributed by atoms with E-state index in [9.17, 15) is 0 Å². The lowest BCUT2D eigenvalue weighted by Crippen LogP contribution is -1.25. The third-order valence-electron chi connectivity index (χ3n) is 0. The number of rotatable bonds is 0. The van der Waals surface area contributed by atoms with Crippen molar-refractivity contribution in [3.8, 4) is 0 Å². The Balaban J connectivity index is -0.0000000105. The van der Waals surface area contributed by atoms with Crippen LogP contribution in [0.2, 0.25) is 0 Å². The molecule has 1 N–H and O–H groups in total. The monoisotopic (exact) mass is 106 g/mol. The molecular weight excluding hydrogens is 92.1 g/mol. The molecule has 7 heavy (non-hydrogen) atoms. The summed E-state index contributed by atoms with van der Waals surface area (Å²) in [6, 6.07) is 0. The summed E-state index contributed by atoms with van der Waals surface area (Å²) in [5, 5.41) is 7.00. The van der Waals surface area contributed by atoms with E-state index in [1.165, 1.54) is 5.94 Å². The van der Waals surface area contributed by atoms with Gasteiger partial charge >= 0.3 is 0 Å². The average Bonchev–Trinajstić information content (AvgIpc) is 1.46. The van der Waals surface area contributed by atoms with E-state index in [1.807, 2.05) is 0 Å². The summed E-state index contributed by atoms with van der Waals surface area (Å²) in [4.78, 5) is 8.57. The van der Waals surface area contributed by atoms with E-state index in [0.717, 1.165) is 7.11 Å². The Morgan fingerprint density at radius 3 is 1.43 bits per heavy atom. The van der Waals surface area contributed by atoms with Crippen molar-refractivity contribution in [3.63, 3.8) is 0 Å². The Labute approximate surface area is 45.5 Å². The summed E-state index contributed by atoms with van der Waals surface area (Å²) in [5.74, 6) is 1.25. The molecule has 0 bridgehead atoms. The van der Waals surface area contributed by atoms with Gasteiger partial charge in [-0.15, -0.1) is 0 Å². The number of aliphatic hydroxyl groups excluding tert-OH is 1. The number of carbonyl (C=O) groups excluding carboxylic acids is 1. The predicted molar refractivity (Wildman–Crippen MR) is 32.9 cm³/mol. The van der Waals surface area contributed by atoms with Crippen LogP contribution in [0.25, 0.3) is 0 Å². The highest BCUT2D eigenvalue weighted by Crippen LogP contribution is 0.894. The second-order valence-electron chi connectivity index (χ2n) is 0.144. The standard InChI is InChI=1S/C2H2O.CH4O.2CH4/c1-2-3;1-2;;/h1H2;2H,1H3;2*1H4. The van der Waals surface area contributed by atoms with E-state index in [-0.39, 0.29) is 14.9 Å². The lowest BCUT2D eigenvalue weighted by atomic mass is 11.2. The van der Waals surface area contributed by atoms with Crippen molar-refractivity contribution >= 4 is 5.94 Å². The third kappa shape index (κ3) is 181. The SMILES string of the molecule is C.C.C=C=O.CO. The van der Waals surface area contributed by atoms with E-state index >= 15 is 0 Å². The minimum absolute atomic E-state index is 0. The molecule has 0 rings (SSSR count). The van der Waals surface area contributed by atoms with Gasteiger partial charge in [0.2, 0.25) is 0 Å². The quantitative estimate of drug-likeness (QED) is 0.465. The molecule has 0 aliphatic rings. The topological polar surface area (TPSA) is 37.3 Å². The molecule has 0 atom stereocenters. The Kier molecular flexibility index (Phi) is 2890. The first-order valence-electron chi connectivity index (χ1n) is 1.00. The fraction of sp³-hybridized carbons (Fsp3) is 0.600. The van der Waals surface area contributed by atoms with Crippen molar-refractivity contribution in [1.82, 2.24) is 0 Å². The molecule has 46 valence electrons. The highest BCUT2D eigenvalue weighted by atomic mass is 16.2. The van der Waals surface area contributed by atoms with E-state index in [4.69, 9.17) is 9.90 Å². The van der Waals surface area contributed by atoms with Crippen molar-refractivity contribution in [2.45, 2.75) is 14.9 Å². The zero-order valence-electron chi connectivity index (χ0n) is 3.06. The van der Waals surface area contributed by atoms with E-state index < -0.39 is 0 Å². The first-order valence-corrected chi connectivity index (χ1v) is 1.00. The van der Waals surface area contributed by atoms with Gasteiger partial charge < -0.3 is 5.11 Å². The average molecular weight is 106 g/mol. The Morgan fingerprint density at radius 2 is 1.43 bits per heavy atom. The van der Waals surface area contributed by atoms with Crippen molar-refractivity contribution in [2.24, 2.45) is 0 Å². The maximum absolute atomic E-state index is 8.57. The summed E-state index contributed by atoms with van der Waals surface area (Å²) in [6.45, 7) is 2.68. The van der Waals surface area contributed by atoms with Crippen LogP contribution in [0.3, 0.4) is 0 Å². The number of aliphatic hydroxyl groups is 1. The van der Waals surface area contributed by atoms with Gasteiger partial charge in [-0.2, -0.15) is 0 Å². The normalized spacial score (nSPS) is 2.00. The van der Waals surface area contributed by atoms with Crippen LogP contribution < -0.4 is 0 Å². The van der Waals surface area contributed by atoms with Crippen molar-refractivity contribution in [2.75, 3.05) is 7.11 Å². The van der Waals surface area contributed by atoms with Gasteiger partial charge in [-0.3, -0.25) is 0 Å². The molecule has 0 aromatic carbocycles. The first-order chi connectivity index (χ1) is 2.41. The fourth-order valence-corrected chi connectivity index (χ4v) is 0. The van der Waals surface area contributed by atoms with Gasteiger partial charge in [0.15, 0.2) is 0 Å². The Hall–Kier alpha value is -0.590. The van der Waals surface area contributed by atoms with Crippen molar-refractivity contribution < 1.29 is 9.90 Å². The van der Waals surface area contributed by atoms with Gasteiger partial charge in [0.1, 0.15) is 5.94 Å². The molecule has 0 fully saturated rings. The largest absolute Gasteiger partial charge is 0.400 e. The van der Waals surface area contributed by atoms with Gasteiger partial charge in [0.05, 0.1) is 0 Å². The Morgan fingerprint density at radius 1 is 1.43 bits per heavy atom. The third-order valence-corrected chi connectivity index (χ3v) is 0. The van der Waals surface area contributed by atoms with Crippen LogP contribution in [0, 0.1) is 0 Å². The smallest absolute Gasteiger partial charge is 0.116 e. The van der Waals surface area contributed by atoms with Crippen LogP contribution >= 0.6 is 0 Å². The molecule has 0 aliphatic heterocycles. The first kappa shape index (κ1) is 32.3. The van der Waals surface area contributed by atoms with Crippen LogP contribution in [0.1, 0.15) is 14.9 Å². The van der Waals surface area contributed by atoms with Crippen molar-refractivity contribution in [3.05, 3.63) is 6.58 Å².